The van der Waals surface area contributed by atoms with Gasteiger partial charge in [-0.3, -0.25) is 9.59 Å². The number of carbonyl (C=O) groups is 2. The summed E-state index contributed by atoms with van der Waals surface area (Å²) < 4.78 is 9.93. The molecule has 0 N–H and O–H groups in total. The first-order valence-corrected chi connectivity index (χ1v) is 8.56. The Morgan fingerprint density at radius 3 is 1.64 bits per heavy atom. The monoisotopic (exact) mass is 316 g/mol. The van der Waals surface area contributed by atoms with Crippen LogP contribution in [0.5, 0.6) is 0 Å². The van der Waals surface area contributed by atoms with Crippen LogP contribution in [0.1, 0.15) is 74.1 Å². The maximum absolute atomic E-state index is 11.1. The van der Waals surface area contributed by atoms with Crippen LogP contribution in [0, 0.1) is 17.8 Å². The molecule has 132 valence electrons. The second-order valence-corrected chi connectivity index (χ2v) is 6.42. The van der Waals surface area contributed by atoms with Crippen LogP contribution >= 0.6 is 0 Å². The zero-order valence-electron chi connectivity index (χ0n) is 15.6. The van der Waals surface area contributed by atoms with E-state index in [1.165, 1.54) is 0 Å². The van der Waals surface area contributed by atoms with Crippen LogP contribution < -0.4 is 0 Å². The molecule has 0 aromatic rings. The lowest BCUT2D eigenvalue weighted by Gasteiger charge is -2.09. The quantitative estimate of drug-likeness (QED) is 0.583. The van der Waals surface area contributed by atoms with Crippen molar-refractivity contribution in [3.05, 3.63) is 0 Å². The molecule has 0 saturated carbocycles. The van der Waals surface area contributed by atoms with E-state index >= 15 is 0 Å². The number of hydrogen-bond acceptors (Lipinski definition) is 4. The van der Waals surface area contributed by atoms with Gasteiger partial charge in [-0.1, -0.05) is 48.5 Å². The molecule has 0 aromatic carbocycles. The molecule has 4 heteroatoms. The predicted molar refractivity (Wildman–Crippen MR) is 90.6 cm³/mol. The minimum atomic E-state index is -0.0966. The molecule has 0 aliphatic heterocycles. The molecule has 0 spiro atoms. The SMILES string of the molecule is CCC(=O)OCCC(C)C.CCC(C)C(=O)OCCC(C)C. The van der Waals surface area contributed by atoms with E-state index in [4.69, 9.17) is 9.47 Å². The minimum Gasteiger partial charge on any atom is -0.466 e. The normalized spacial score (nSPS) is 11.7. The standard InChI is InChI=1S/C10H20O2.C8H16O2/c1-5-9(4)10(11)12-7-6-8(2)3;1-4-8(9)10-6-5-7(2)3/h8-9H,5-7H2,1-4H3;7H,4-6H2,1-3H3. The molecule has 0 aliphatic rings. The van der Waals surface area contributed by atoms with Gasteiger partial charge in [0.05, 0.1) is 19.1 Å². The van der Waals surface area contributed by atoms with Gasteiger partial charge in [0.15, 0.2) is 0 Å². The summed E-state index contributed by atoms with van der Waals surface area (Å²) in [7, 11) is 0. The highest BCUT2D eigenvalue weighted by molar-refractivity contribution is 5.71. The van der Waals surface area contributed by atoms with Crippen molar-refractivity contribution >= 4 is 11.9 Å². The number of carbonyl (C=O) groups excluding carboxylic acids is 2. The highest BCUT2D eigenvalue weighted by Gasteiger charge is 2.11. The van der Waals surface area contributed by atoms with E-state index in [-0.39, 0.29) is 17.9 Å². The molecule has 0 heterocycles. The predicted octanol–water partition coefficient (Wildman–Crippen LogP) is 4.61. The molecule has 0 radical (unpaired) electrons. The molecule has 0 aromatic heterocycles. The number of ether oxygens (including phenoxy) is 2. The third-order valence-electron chi connectivity index (χ3n) is 3.20. The van der Waals surface area contributed by atoms with E-state index in [0.717, 1.165) is 19.3 Å². The highest BCUT2D eigenvalue weighted by Crippen LogP contribution is 2.05. The van der Waals surface area contributed by atoms with Crippen LogP contribution in [0.15, 0.2) is 0 Å². The third-order valence-corrected chi connectivity index (χ3v) is 3.20. The van der Waals surface area contributed by atoms with E-state index in [1.54, 1.807) is 6.92 Å². The highest BCUT2D eigenvalue weighted by atomic mass is 16.5. The molecular formula is C18H36O4. The van der Waals surface area contributed by atoms with Crippen molar-refractivity contribution in [2.75, 3.05) is 13.2 Å². The summed E-state index contributed by atoms with van der Waals surface area (Å²) in [6, 6.07) is 0. The second-order valence-electron chi connectivity index (χ2n) is 6.42. The fraction of sp³-hybridized carbons (Fsp3) is 0.889. The van der Waals surface area contributed by atoms with Crippen LogP contribution in [0.2, 0.25) is 0 Å². The molecule has 1 atom stereocenters. The molecule has 0 amide bonds. The molecule has 1 unspecified atom stereocenters. The van der Waals surface area contributed by atoms with Crippen LogP contribution in [0.3, 0.4) is 0 Å². The molecule has 4 nitrogen and oxygen atoms in total. The Bertz CT molecular complexity index is 285. The average Bonchev–Trinajstić information content (AvgIpc) is 2.45. The molecule has 0 rings (SSSR count). The topological polar surface area (TPSA) is 52.6 Å². The maximum atomic E-state index is 11.1. The zero-order chi connectivity index (χ0) is 17.5. The van der Waals surface area contributed by atoms with E-state index in [9.17, 15) is 9.59 Å². The first-order valence-electron chi connectivity index (χ1n) is 8.56. The van der Waals surface area contributed by atoms with E-state index < -0.39 is 0 Å². The second kappa shape index (κ2) is 14.9. The van der Waals surface area contributed by atoms with Gasteiger partial charge in [-0.2, -0.15) is 0 Å². The third kappa shape index (κ3) is 17.0. The maximum Gasteiger partial charge on any atom is 0.308 e. The summed E-state index contributed by atoms with van der Waals surface area (Å²) in [4.78, 5) is 21.7. The Hall–Kier alpha value is -1.06. The minimum absolute atomic E-state index is 0.0529. The van der Waals surface area contributed by atoms with Crippen molar-refractivity contribution in [1.29, 1.82) is 0 Å². The summed E-state index contributed by atoms with van der Waals surface area (Å²) in [5.74, 6) is 1.12. The van der Waals surface area contributed by atoms with Crippen LogP contribution in [-0.4, -0.2) is 25.2 Å². The number of rotatable bonds is 9. The molecule has 0 fully saturated rings. The van der Waals surface area contributed by atoms with Gasteiger partial charge in [-0.25, -0.2) is 0 Å². The van der Waals surface area contributed by atoms with Gasteiger partial charge in [0.2, 0.25) is 0 Å². The molecule has 0 saturated heterocycles. The Balaban J connectivity index is 0. The lowest BCUT2D eigenvalue weighted by molar-refractivity contribution is -0.148. The van der Waals surface area contributed by atoms with E-state index in [0.29, 0.717) is 31.5 Å². The van der Waals surface area contributed by atoms with Crippen molar-refractivity contribution in [2.45, 2.75) is 74.1 Å². The lowest BCUT2D eigenvalue weighted by Crippen LogP contribution is -2.15. The molecule has 22 heavy (non-hydrogen) atoms. The zero-order valence-corrected chi connectivity index (χ0v) is 15.6. The summed E-state index contributed by atoms with van der Waals surface area (Å²) in [5, 5.41) is 0. The molecular weight excluding hydrogens is 280 g/mol. The fourth-order valence-corrected chi connectivity index (χ4v) is 1.21. The van der Waals surface area contributed by atoms with Crippen molar-refractivity contribution in [2.24, 2.45) is 17.8 Å². The van der Waals surface area contributed by atoms with Gasteiger partial charge in [0.25, 0.3) is 0 Å². The molecule has 0 bridgehead atoms. The van der Waals surface area contributed by atoms with Gasteiger partial charge in [-0.05, 0) is 31.1 Å². The van der Waals surface area contributed by atoms with Gasteiger partial charge >= 0.3 is 11.9 Å². The summed E-state index contributed by atoms with van der Waals surface area (Å²) in [6.45, 7) is 15.3. The number of hydrogen-bond donors (Lipinski definition) is 0. The van der Waals surface area contributed by atoms with Crippen LogP contribution in [0.25, 0.3) is 0 Å². The van der Waals surface area contributed by atoms with Crippen molar-refractivity contribution in [3.63, 3.8) is 0 Å². The smallest absolute Gasteiger partial charge is 0.308 e. The van der Waals surface area contributed by atoms with Gasteiger partial charge in [0.1, 0.15) is 0 Å². The van der Waals surface area contributed by atoms with Crippen molar-refractivity contribution in [1.82, 2.24) is 0 Å². The summed E-state index contributed by atoms with van der Waals surface area (Å²) in [6.07, 6.45) is 3.27. The number of esters is 2. The Morgan fingerprint density at radius 2 is 1.27 bits per heavy atom. The van der Waals surface area contributed by atoms with E-state index in [2.05, 4.69) is 27.7 Å². The first-order chi connectivity index (χ1) is 10.2. The Labute approximate surface area is 136 Å². The lowest BCUT2D eigenvalue weighted by atomic mass is 10.1. The van der Waals surface area contributed by atoms with Gasteiger partial charge < -0.3 is 9.47 Å². The molecule has 0 aliphatic carbocycles. The van der Waals surface area contributed by atoms with Crippen molar-refractivity contribution in [3.8, 4) is 0 Å². The van der Waals surface area contributed by atoms with E-state index in [1.807, 2.05) is 13.8 Å². The Kier molecular flexibility index (Phi) is 15.7. The average molecular weight is 316 g/mol. The van der Waals surface area contributed by atoms with Crippen LogP contribution in [-0.2, 0) is 19.1 Å². The van der Waals surface area contributed by atoms with Gasteiger partial charge in [-0.15, -0.1) is 0 Å². The van der Waals surface area contributed by atoms with Gasteiger partial charge in [0, 0.05) is 6.42 Å². The van der Waals surface area contributed by atoms with Crippen LogP contribution in [0.4, 0.5) is 0 Å². The fourth-order valence-electron chi connectivity index (χ4n) is 1.21. The largest absolute Gasteiger partial charge is 0.466 e. The summed E-state index contributed by atoms with van der Waals surface area (Å²) >= 11 is 0. The summed E-state index contributed by atoms with van der Waals surface area (Å²) in [5.41, 5.74) is 0. The Morgan fingerprint density at radius 1 is 0.818 bits per heavy atom. The first kappa shape index (κ1) is 23.2. The van der Waals surface area contributed by atoms with Crippen molar-refractivity contribution < 1.29 is 19.1 Å².